The molecular weight excluding hydrogens is 370 g/mol. The minimum absolute atomic E-state index is 0.182. The molecule has 1 N–H and O–H groups in total. The molecule has 2 aromatic carbocycles. The normalized spacial score (nSPS) is 10.4. The summed E-state index contributed by atoms with van der Waals surface area (Å²) in [4.78, 5) is 24.6. The lowest BCUT2D eigenvalue weighted by molar-refractivity contribution is -0.145. The summed E-state index contributed by atoms with van der Waals surface area (Å²) in [6.45, 7) is 4.26. The zero-order chi connectivity index (χ0) is 18.9. The van der Waals surface area contributed by atoms with Gasteiger partial charge in [0.2, 0.25) is 0 Å². The van der Waals surface area contributed by atoms with Crippen molar-refractivity contribution in [1.82, 2.24) is 5.32 Å². The van der Waals surface area contributed by atoms with Gasteiger partial charge in [0, 0.05) is 16.5 Å². The Kier molecular flexibility index (Phi) is 8.01. The quantitative estimate of drug-likeness (QED) is 0.546. The summed E-state index contributed by atoms with van der Waals surface area (Å²) in [5.74, 6) is -0.520. The SMILES string of the molecule is Cc1ccc(SCC(=O)OCC(=O)NCCc2ccc(Cl)cc2)c(C)c1. The summed E-state index contributed by atoms with van der Waals surface area (Å²) in [5.41, 5.74) is 3.39. The molecule has 0 aliphatic heterocycles. The highest BCUT2D eigenvalue weighted by molar-refractivity contribution is 8.00. The monoisotopic (exact) mass is 391 g/mol. The van der Waals surface area contributed by atoms with Gasteiger partial charge in [0.15, 0.2) is 6.61 Å². The summed E-state index contributed by atoms with van der Waals surface area (Å²) in [5, 5.41) is 3.42. The average Bonchev–Trinajstić information content (AvgIpc) is 2.61. The first-order valence-corrected chi connectivity index (χ1v) is 9.67. The first-order chi connectivity index (χ1) is 12.4. The van der Waals surface area contributed by atoms with E-state index >= 15 is 0 Å². The number of nitrogens with one attached hydrogen (secondary N) is 1. The number of hydrogen-bond donors (Lipinski definition) is 1. The highest BCUT2D eigenvalue weighted by atomic mass is 35.5. The number of benzene rings is 2. The molecule has 0 heterocycles. The summed E-state index contributed by atoms with van der Waals surface area (Å²) in [6.07, 6.45) is 0.694. The molecule has 0 unspecified atom stereocenters. The van der Waals surface area contributed by atoms with Crippen molar-refractivity contribution in [2.75, 3.05) is 18.9 Å². The van der Waals surface area contributed by atoms with Gasteiger partial charge >= 0.3 is 5.97 Å². The molecule has 0 radical (unpaired) electrons. The standard InChI is InChI=1S/C20H22ClNO3S/c1-14-3-8-18(15(2)11-14)26-13-20(24)25-12-19(23)22-10-9-16-4-6-17(21)7-5-16/h3-8,11H,9-10,12-13H2,1-2H3,(H,22,23). The zero-order valence-corrected chi connectivity index (χ0v) is 16.5. The van der Waals surface area contributed by atoms with E-state index in [0.29, 0.717) is 18.0 Å². The van der Waals surface area contributed by atoms with Crippen molar-refractivity contribution in [1.29, 1.82) is 0 Å². The molecule has 0 saturated heterocycles. The minimum Gasteiger partial charge on any atom is -0.455 e. The second-order valence-corrected chi connectivity index (χ2v) is 7.40. The molecule has 0 bridgehead atoms. The number of ether oxygens (including phenoxy) is 1. The molecule has 6 heteroatoms. The average molecular weight is 392 g/mol. The molecule has 4 nitrogen and oxygen atoms in total. The summed E-state index contributed by atoms with van der Waals surface area (Å²) < 4.78 is 5.02. The Morgan fingerprint density at radius 2 is 1.85 bits per heavy atom. The van der Waals surface area contributed by atoms with Gasteiger partial charge in [0.05, 0.1) is 5.75 Å². The maximum Gasteiger partial charge on any atom is 0.316 e. The molecular formula is C20H22ClNO3S. The third-order valence-electron chi connectivity index (χ3n) is 3.69. The van der Waals surface area contributed by atoms with Crippen LogP contribution in [0, 0.1) is 13.8 Å². The van der Waals surface area contributed by atoms with Crippen LogP contribution in [0.25, 0.3) is 0 Å². The van der Waals surface area contributed by atoms with Crippen molar-refractivity contribution in [2.24, 2.45) is 0 Å². The van der Waals surface area contributed by atoms with Crippen molar-refractivity contribution >= 4 is 35.2 Å². The van der Waals surface area contributed by atoms with Gasteiger partial charge in [-0.15, -0.1) is 11.8 Å². The van der Waals surface area contributed by atoms with Gasteiger partial charge in [-0.1, -0.05) is 41.4 Å². The number of amides is 1. The van der Waals surface area contributed by atoms with Gasteiger partial charge in [-0.3, -0.25) is 9.59 Å². The number of thioether (sulfide) groups is 1. The Hall–Kier alpha value is -1.98. The lowest BCUT2D eigenvalue weighted by Crippen LogP contribution is -2.30. The number of aryl methyl sites for hydroxylation is 2. The smallest absolute Gasteiger partial charge is 0.316 e. The minimum atomic E-state index is -0.400. The third kappa shape index (κ3) is 7.10. The van der Waals surface area contributed by atoms with Gasteiger partial charge in [-0.2, -0.15) is 0 Å². The molecule has 0 fully saturated rings. The number of esters is 1. The number of hydrogen-bond acceptors (Lipinski definition) is 4. The van der Waals surface area contributed by atoms with E-state index in [1.165, 1.54) is 17.3 Å². The van der Waals surface area contributed by atoms with Crippen LogP contribution in [-0.2, 0) is 20.7 Å². The van der Waals surface area contributed by atoms with Gasteiger partial charge in [0.25, 0.3) is 5.91 Å². The molecule has 26 heavy (non-hydrogen) atoms. The van der Waals surface area contributed by atoms with Crippen LogP contribution in [0.1, 0.15) is 16.7 Å². The van der Waals surface area contributed by atoms with Crippen LogP contribution < -0.4 is 5.32 Å². The van der Waals surface area contributed by atoms with E-state index in [1.54, 1.807) is 0 Å². The fourth-order valence-electron chi connectivity index (χ4n) is 2.33. The van der Waals surface area contributed by atoms with E-state index in [4.69, 9.17) is 16.3 Å². The van der Waals surface area contributed by atoms with Gasteiger partial charge in [-0.05, 0) is 49.6 Å². The third-order valence-corrected chi connectivity index (χ3v) is 5.09. The van der Waals surface area contributed by atoms with E-state index in [0.717, 1.165) is 16.0 Å². The van der Waals surface area contributed by atoms with E-state index in [-0.39, 0.29) is 18.3 Å². The van der Waals surface area contributed by atoms with Gasteiger partial charge in [-0.25, -0.2) is 0 Å². The second kappa shape index (κ2) is 10.2. The Bertz CT molecular complexity index is 762. The fourth-order valence-corrected chi connectivity index (χ4v) is 3.27. The molecule has 0 aliphatic carbocycles. The predicted molar refractivity (Wildman–Crippen MR) is 106 cm³/mol. The van der Waals surface area contributed by atoms with Crippen LogP contribution in [0.2, 0.25) is 5.02 Å². The summed E-state index contributed by atoms with van der Waals surface area (Å²) in [7, 11) is 0. The van der Waals surface area contributed by atoms with E-state index in [2.05, 4.69) is 11.4 Å². The van der Waals surface area contributed by atoms with Crippen LogP contribution >= 0.6 is 23.4 Å². The van der Waals surface area contributed by atoms with Crippen molar-refractivity contribution in [2.45, 2.75) is 25.2 Å². The molecule has 0 saturated carbocycles. The molecule has 2 rings (SSSR count). The van der Waals surface area contributed by atoms with E-state index < -0.39 is 5.97 Å². The maximum absolute atomic E-state index is 11.8. The highest BCUT2D eigenvalue weighted by Crippen LogP contribution is 2.23. The first-order valence-electron chi connectivity index (χ1n) is 8.31. The van der Waals surface area contributed by atoms with Crippen LogP contribution in [0.5, 0.6) is 0 Å². The zero-order valence-electron chi connectivity index (χ0n) is 14.9. The molecule has 0 atom stereocenters. The Morgan fingerprint density at radius 1 is 1.12 bits per heavy atom. The number of halogens is 1. The molecule has 0 spiro atoms. The first kappa shape index (κ1) is 20.3. The summed E-state index contributed by atoms with van der Waals surface area (Å²) in [6, 6.07) is 13.5. The Labute approximate surface area is 163 Å². The highest BCUT2D eigenvalue weighted by Gasteiger charge is 2.09. The fraction of sp³-hybridized carbons (Fsp3) is 0.300. The number of carbonyl (C=O) groups excluding carboxylic acids is 2. The Balaban J connectivity index is 1.63. The van der Waals surface area contributed by atoms with Crippen LogP contribution in [0.15, 0.2) is 47.4 Å². The molecule has 0 aromatic heterocycles. The molecule has 0 aliphatic rings. The van der Waals surface area contributed by atoms with Crippen LogP contribution in [-0.4, -0.2) is 30.8 Å². The van der Waals surface area contributed by atoms with Crippen molar-refractivity contribution in [3.63, 3.8) is 0 Å². The van der Waals surface area contributed by atoms with Crippen LogP contribution in [0.3, 0.4) is 0 Å². The van der Waals surface area contributed by atoms with E-state index in [9.17, 15) is 9.59 Å². The Morgan fingerprint density at radius 3 is 2.54 bits per heavy atom. The number of carbonyl (C=O) groups is 2. The molecule has 1 amide bonds. The van der Waals surface area contributed by atoms with Crippen LogP contribution in [0.4, 0.5) is 0 Å². The van der Waals surface area contributed by atoms with Gasteiger partial charge < -0.3 is 10.1 Å². The van der Waals surface area contributed by atoms with Crippen molar-refractivity contribution in [3.8, 4) is 0 Å². The molecule has 138 valence electrons. The largest absolute Gasteiger partial charge is 0.455 e. The summed E-state index contributed by atoms with van der Waals surface area (Å²) >= 11 is 7.24. The molecule has 2 aromatic rings. The van der Waals surface area contributed by atoms with Crippen molar-refractivity contribution < 1.29 is 14.3 Å². The van der Waals surface area contributed by atoms with Crippen molar-refractivity contribution in [3.05, 3.63) is 64.2 Å². The van der Waals surface area contributed by atoms with E-state index in [1.807, 2.05) is 50.2 Å². The maximum atomic E-state index is 11.8. The predicted octanol–water partition coefficient (Wildman–Crippen LogP) is 3.95. The lowest BCUT2D eigenvalue weighted by atomic mass is 10.1. The lowest BCUT2D eigenvalue weighted by Gasteiger charge is -2.08. The van der Waals surface area contributed by atoms with Gasteiger partial charge in [0.1, 0.15) is 0 Å². The number of rotatable bonds is 8. The second-order valence-electron chi connectivity index (χ2n) is 5.94. The topological polar surface area (TPSA) is 55.4 Å².